The van der Waals surface area contributed by atoms with Gasteiger partial charge in [0.25, 0.3) is 0 Å². The standard InChI is InChI=1S/C26H32N4OS/c1-17-13-18(2)15-21(14-17)30-19(3)16-22(20(30)4)25-24(23-9-6-7-10-27-23)28-26(32)29(25)11-8-12-31-5/h6-7,9-10,13-16,24-25H,8,11-12H2,1-5H3,(H,28,32)/t24-,25-/m1/s1. The van der Waals surface area contributed by atoms with Crippen LogP contribution in [-0.2, 0) is 4.74 Å². The number of rotatable bonds is 7. The molecule has 1 fully saturated rings. The molecule has 1 saturated heterocycles. The summed E-state index contributed by atoms with van der Waals surface area (Å²) in [7, 11) is 1.74. The lowest BCUT2D eigenvalue weighted by molar-refractivity contribution is 0.180. The lowest BCUT2D eigenvalue weighted by Gasteiger charge is -2.28. The van der Waals surface area contributed by atoms with Crippen molar-refractivity contribution in [1.29, 1.82) is 0 Å². The van der Waals surface area contributed by atoms with Crippen LogP contribution in [0.5, 0.6) is 0 Å². The molecule has 0 bridgehead atoms. The second-order valence-electron chi connectivity index (χ2n) is 8.67. The average molecular weight is 449 g/mol. The second-order valence-corrected chi connectivity index (χ2v) is 9.06. The Hall–Kier alpha value is -2.70. The first-order valence-corrected chi connectivity index (χ1v) is 11.6. The summed E-state index contributed by atoms with van der Waals surface area (Å²) >= 11 is 5.79. The molecule has 0 radical (unpaired) electrons. The van der Waals surface area contributed by atoms with Crippen molar-refractivity contribution in [3.05, 3.63) is 82.4 Å². The zero-order valence-electron chi connectivity index (χ0n) is 19.6. The molecule has 2 atom stereocenters. The van der Waals surface area contributed by atoms with E-state index in [-0.39, 0.29) is 12.1 Å². The van der Waals surface area contributed by atoms with Gasteiger partial charge in [0.15, 0.2) is 5.11 Å². The molecule has 6 heteroatoms. The zero-order valence-corrected chi connectivity index (χ0v) is 20.4. The Morgan fingerprint density at radius 3 is 2.47 bits per heavy atom. The number of aryl methyl sites for hydroxylation is 3. The molecular weight excluding hydrogens is 416 g/mol. The molecule has 0 unspecified atom stereocenters. The van der Waals surface area contributed by atoms with Crippen LogP contribution in [0.1, 0.15) is 52.3 Å². The Labute approximate surface area is 196 Å². The van der Waals surface area contributed by atoms with Gasteiger partial charge in [0.1, 0.15) is 0 Å². The third kappa shape index (κ3) is 4.30. The maximum absolute atomic E-state index is 5.79. The molecule has 1 aliphatic heterocycles. The molecule has 0 saturated carbocycles. The highest BCUT2D eigenvalue weighted by Gasteiger charge is 2.41. The van der Waals surface area contributed by atoms with E-state index in [2.05, 4.69) is 77.8 Å². The highest BCUT2D eigenvalue weighted by molar-refractivity contribution is 7.80. The molecule has 5 nitrogen and oxygen atoms in total. The fourth-order valence-corrected chi connectivity index (χ4v) is 5.26. The fraction of sp³-hybridized carbons (Fsp3) is 0.385. The van der Waals surface area contributed by atoms with Crippen LogP contribution in [-0.4, -0.2) is 39.8 Å². The lowest BCUT2D eigenvalue weighted by atomic mass is 9.96. The molecule has 2 aromatic heterocycles. The lowest BCUT2D eigenvalue weighted by Crippen LogP contribution is -2.31. The van der Waals surface area contributed by atoms with Gasteiger partial charge in [-0.2, -0.15) is 0 Å². The van der Waals surface area contributed by atoms with Gasteiger partial charge in [0.05, 0.1) is 17.8 Å². The van der Waals surface area contributed by atoms with Crippen molar-refractivity contribution in [3.63, 3.8) is 0 Å². The Bertz CT molecular complexity index is 1090. The van der Waals surface area contributed by atoms with E-state index in [9.17, 15) is 0 Å². The molecule has 0 aliphatic carbocycles. The summed E-state index contributed by atoms with van der Waals surface area (Å²) in [5, 5.41) is 4.33. The first kappa shape index (κ1) is 22.5. The monoisotopic (exact) mass is 448 g/mol. The van der Waals surface area contributed by atoms with Crippen LogP contribution in [0.25, 0.3) is 5.69 Å². The predicted molar refractivity (Wildman–Crippen MR) is 133 cm³/mol. The van der Waals surface area contributed by atoms with E-state index in [1.807, 2.05) is 18.3 Å². The Kier molecular flexibility index (Phi) is 6.63. The molecule has 3 heterocycles. The van der Waals surface area contributed by atoms with Crippen LogP contribution in [0, 0.1) is 27.7 Å². The van der Waals surface area contributed by atoms with E-state index in [1.165, 1.54) is 33.8 Å². The maximum atomic E-state index is 5.79. The number of pyridine rings is 1. The SMILES string of the molecule is COCCCN1C(=S)N[C@H](c2ccccn2)[C@H]1c1cc(C)n(-c2cc(C)cc(C)c2)c1C. The van der Waals surface area contributed by atoms with Crippen LogP contribution in [0.3, 0.4) is 0 Å². The van der Waals surface area contributed by atoms with Crippen molar-refractivity contribution in [1.82, 2.24) is 19.8 Å². The number of thiocarbonyl (C=S) groups is 1. The quantitative estimate of drug-likeness (QED) is 0.402. The first-order chi connectivity index (χ1) is 15.4. The first-order valence-electron chi connectivity index (χ1n) is 11.1. The molecule has 0 spiro atoms. The van der Waals surface area contributed by atoms with Gasteiger partial charge in [-0.15, -0.1) is 0 Å². The summed E-state index contributed by atoms with van der Waals surface area (Å²) in [4.78, 5) is 6.97. The van der Waals surface area contributed by atoms with E-state index in [4.69, 9.17) is 17.0 Å². The molecule has 0 amide bonds. The third-order valence-corrected chi connectivity index (χ3v) is 6.55. The molecule has 168 valence electrons. The molecule has 4 rings (SSSR count). The number of benzene rings is 1. The minimum Gasteiger partial charge on any atom is -0.385 e. The van der Waals surface area contributed by atoms with Gasteiger partial charge in [0.2, 0.25) is 0 Å². The topological polar surface area (TPSA) is 42.3 Å². The second kappa shape index (κ2) is 9.43. The number of nitrogens with zero attached hydrogens (tertiary/aromatic N) is 3. The number of methoxy groups -OCH3 is 1. The highest BCUT2D eigenvalue weighted by Crippen LogP contribution is 2.41. The summed E-state index contributed by atoms with van der Waals surface area (Å²) in [6.45, 7) is 10.2. The van der Waals surface area contributed by atoms with Crippen LogP contribution in [0.2, 0.25) is 0 Å². The van der Waals surface area contributed by atoms with Gasteiger partial charge in [-0.05, 0) is 93.4 Å². The van der Waals surface area contributed by atoms with Crippen LogP contribution in [0.15, 0.2) is 48.7 Å². The van der Waals surface area contributed by atoms with Crippen molar-refractivity contribution in [2.24, 2.45) is 0 Å². The van der Waals surface area contributed by atoms with Crippen molar-refractivity contribution >= 4 is 17.3 Å². The summed E-state index contributed by atoms with van der Waals surface area (Å²) in [6.07, 6.45) is 2.77. The fourth-order valence-electron chi connectivity index (χ4n) is 4.93. The van der Waals surface area contributed by atoms with Crippen LogP contribution in [0.4, 0.5) is 0 Å². The number of aromatic nitrogens is 2. The Morgan fingerprint density at radius 1 is 1.06 bits per heavy atom. The zero-order chi connectivity index (χ0) is 22.8. The summed E-state index contributed by atoms with van der Waals surface area (Å²) in [5.41, 5.74) is 8.49. The van der Waals surface area contributed by atoms with Gasteiger partial charge in [0, 0.05) is 43.5 Å². The van der Waals surface area contributed by atoms with Crippen LogP contribution >= 0.6 is 12.2 Å². The Morgan fingerprint density at radius 2 is 1.81 bits per heavy atom. The molecule has 32 heavy (non-hydrogen) atoms. The summed E-state index contributed by atoms with van der Waals surface area (Å²) in [5.74, 6) is 0. The summed E-state index contributed by atoms with van der Waals surface area (Å²) in [6, 6.07) is 15.2. The summed E-state index contributed by atoms with van der Waals surface area (Å²) < 4.78 is 7.67. The molecule has 3 aromatic rings. The average Bonchev–Trinajstić information content (AvgIpc) is 3.23. The van der Waals surface area contributed by atoms with Gasteiger partial charge in [-0.25, -0.2) is 0 Å². The van der Waals surface area contributed by atoms with Crippen molar-refractivity contribution < 1.29 is 4.74 Å². The minimum absolute atomic E-state index is 0.000518. The molecule has 1 aromatic carbocycles. The van der Waals surface area contributed by atoms with E-state index < -0.39 is 0 Å². The van der Waals surface area contributed by atoms with E-state index in [1.54, 1.807) is 7.11 Å². The molecule has 1 N–H and O–H groups in total. The predicted octanol–water partition coefficient (Wildman–Crippen LogP) is 5.11. The van der Waals surface area contributed by atoms with Crippen LogP contribution < -0.4 is 5.32 Å². The van der Waals surface area contributed by atoms with Gasteiger partial charge in [-0.1, -0.05) is 12.1 Å². The van der Waals surface area contributed by atoms with Gasteiger partial charge < -0.3 is 19.5 Å². The normalized spacial score (nSPS) is 18.3. The largest absolute Gasteiger partial charge is 0.385 e. The van der Waals surface area contributed by atoms with Crippen molar-refractivity contribution in [3.8, 4) is 5.69 Å². The van der Waals surface area contributed by atoms with E-state index >= 15 is 0 Å². The van der Waals surface area contributed by atoms with Gasteiger partial charge >= 0.3 is 0 Å². The number of nitrogens with one attached hydrogen (secondary N) is 1. The maximum Gasteiger partial charge on any atom is 0.170 e. The molecular formula is C26H32N4OS. The third-order valence-electron chi connectivity index (χ3n) is 6.20. The van der Waals surface area contributed by atoms with Crippen molar-refractivity contribution in [2.75, 3.05) is 20.3 Å². The number of hydrogen-bond donors (Lipinski definition) is 1. The minimum atomic E-state index is -0.000518. The number of ether oxygens (including phenoxy) is 1. The highest BCUT2D eigenvalue weighted by atomic mass is 32.1. The van der Waals surface area contributed by atoms with E-state index in [0.29, 0.717) is 6.61 Å². The van der Waals surface area contributed by atoms with Crippen molar-refractivity contribution in [2.45, 2.75) is 46.2 Å². The van der Waals surface area contributed by atoms with E-state index in [0.717, 1.165) is 23.8 Å². The number of hydrogen-bond acceptors (Lipinski definition) is 3. The van der Waals surface area contributed by atoms with Gasteiger partial charge in [-0.3, -0.25) is 4.98 Å². The molecule has 1 aliphatic rings. The smallest absolute Gasteiger partial charge is 0.170 e. The Balaban J connectivity index is 1.80.